The summed E-state index contributed by atoms with van der Waals surface area (Å²) < 4.78 is 10.7. The molecule has 1 fully saturated rings. The number of methoxy groups -OCH3 is 2. The van der Waals surface area contributed by atoms with E-state index in [1.54, 1.807) is 25.6 Å². The minimum Gasteiger partial charge on any atom is -0.493 e. The predicted octanol–water partition coefficient (Wildman–Crippen LogP) is 3.74. The number of amides is 1. The topological polar surface area (TPSA) is 38.8 Å². The van der Waals surface area contributed by atoms with Crippen molar-refractivity contribution >= 4 is 17.2 Å². The van der Waals surface area contributed by atoms with Crippen LogP contribution >= 0.6 is 11.3 Å². The third kappa shape index (κ3) is 2.68. The van der Waals surface area contributed by atoms with Crippen LogP contribution in [0.15, 0.2) is 35.0 Å². The van der Waals surface area contributed by atoms with Gasteiger partial charge in [0.25, 0.3) is 5.91 Å². The highest BCUT2D eigenvalue weighted by atomic mass is 32.1. The molecule has 2 heterocycles. The first-order valence-corrected chi connectivity index (χ1v) is 8.24. The van der Waals surface area contributed by atoms with E-state index in [-0.39, 0.29) is 11.9 Å². The molecule has 1 aromatic carbocycles. The molecule has 0 unspecified atom stereocenters. The van der Waals surface area contributed by atoms with E-state index in [9.17, 15) is 4.79 Å². The Morgan fingerprint density at radius 1 is 1.23 bits per heavy atom. The molecule has 5 heteroatoms. The lowest BCUT2D eigenvalue weighted by Gasteiger charge is -2.25. The number of nitrogens with zero attached hydrogens (tertiary/aromatic N) is 1. The molecule has 116 valence electrons. The minimum absolute atomic E-state index is 0.104. The normalized spacial score (nSPS) is 17.5. The Bertz CT molecular complexity index is 654. The summed E-state index contributed by atoms with van der Waals surface area (Å²) in [5, 5.41) is 3.85. The Morgan fingerprint density at radius 2 is 2.05 bits per heavy atom. The lowest BCUT2D eigenvalue weighted by Crippen LogP contribution is -2.30. The van der Waals surface area contributed by atoms with Crippen LogP contribution in [0.2, 0.25) is 0 Å². The third-order valence-corrected chi connectivity index (χ3v) is 4.76. The molecule has 3 rings (SSSR count). The summed E-state index contributed by atoms with van der Waals surface area (Å²) in [6, 6.07) is 7.89. The van der Waals surface area contributed by atoms with E-state index in [4.69, 9.17) is 9.47 Å². The van der Waals surface area contributed by atoms with E-state index in [2.05, 4.69) is 0 Å². The van der Waals surface area contributed by atoms with Crippen molar-refractivity contribution in [3.05, 3.63) is 46.2 Å². The first-order valence-electron chi connectivity index (χ1n) is 7.29. The SMILES string of the molecule is COc1ccc([C@@H]2CCCN2C(=O)c2ccsc2)cc1OC. The molecular weight excluding hydrogens is 298 g/mol. The van der Waals surface area contributed by atoms with Crippen LogP contribution in [0.25, 0.3) is 0 Å². The molecular formula is C17H19NO3S. The zero-order valence-electron chi connectivity index (χ0n) is 12.7. The molecule has 2 aromatic rings. The number of carbonyl (C=O) groups excluding carboxylic acids is 1. The Hall–Kier alpha value is -2.01. The molecule has 1 saturated heterocycles. The van der Waals surface area contributed by atoms with Gasteiger partial charge in [0.15, 0.2) is 11.5 Å². The molecule has 22 heavy (non-hydrogen) atoms. The van der Waals surface area contributed by atoms with E-state index in [0.29, 0.717) is 11.5 Å². The standard InChI is InChI=1S/C17H19NO3S/c1-20-15-6-5-12(10-16(15)21-2)14-4-3-8-18(14)17(19)13-7-9-22-11-13/h5-7,9-11,14H,3-4,8H2,1-2H3/t14-/m0/s1. The van der Waals surface area contributed by atoms with Gasteiger partial charge in [-0.3, -0.25) is 4.79 Å². The van der Waals surface area contributed by atoms with Crippen molar-refractivity contribution < 1.29 is 14.3 Å². The second-order valence-electron chi connectivity index (χ2n) is 5.28. The van der Waals surface area contributed by atoms with Crippen LogP contribution in [-0.4, -0.2) is 31.6 Å². The molecule has 1 atom stereocenters. The van der Waals surface area contributed by atoms with Gasteiger partial charge >= 0.3 is 0 Å². The van der Waals surface area contributed by atoms with Gasteiger partial charge in [-0.25, -0.2) is 0 Å². The van der Waals surface area contributed by atoms with Gasteiger partial charge in [-0.15, -0.1) is 0 Å². The van der Waals surface area contributed by atoms with Crippen LogP contribution in [0.4, 0.5) is 0 Å². The number of hydrogen-bond acceptors (Lipinski definition) is 4. The fourth-order valence-electron chi connectivity index (χ4n) is 2.97. The Balaban J connectivity index is 1.88. The summed E-state index contributed by atoms with van der Waals surface area (Å²) in [7, 11) is 3.25. The van der Waals surface area contributed by atoms with Gasteiger partial charge in [0.2, 0.25) is 0 Å². The van der Waals surface area contributed by atoms with Gasteiger partial charge in [-0.1, -0.05) is 6.07 Å². The lowest BCUT2D eigenvalue weighted by atomic mass is 10.0. The molecule has 1 amide bonds. The maximum atomic E-state index is 12.6. The zero-order chi connectivity index (χ0) is 15.5. The van der Waals surface area contributed by atoms with Gasteiger partial charge in [0.05, 0.1) is 25.8 Å². The van der Waals surface area contributed by atoms with Crippen molar-refractivity contribution in [1.82, 2.24) is 4.90 Å². The molecule has 0 spiro atoms. The highest BCUT2D eigenvalue weighted by Crippen LogP contribution is 2.37. The highest BCUT2D eigenvalue weighted by molar-refractivity contribution is 7.08. The quantitative estimate of drug-likeness (QED) is 0.862. The summed E-state index contributed by atoms with van der Waals surface area (Å²) in [6.45, 7) is 0.799. The number of rotatable bonds is 4. The number of ether oxygens (including phenoxy) is 2. The maximum absolute atomic E-state index is 12.6. The molecule has 0 aliphatic carbocycles. The average molecular weight is 317 g/mol. The Kier molecular flexibility index (Phi) is 4.34. The largest absolute Gasteiger partial charge is 0.493 e. The van der Waals surface area contributed by atoms with Crippen LogP contribution in [-0.2, 0) is 0 Å². The van der Waals surface area contributed by atoms with Crippen molar-refractivity contribution in [2.45, 2.75) is 18.9 Å². The number of hydrogen-bond donors (Lipinski definition) is 0. The molecule has 0 bridgehead atoms. The van der Waals surface area contributed by atoms with Crippen molar-refractivity contribution in [3.63, 3.8) is 0 Å². The van der Waals surface area contributed by atoms with Crippen LogP contribution in [0, 0.1) is 0 Å². The molecule has 4 nitrogen and oxygen atoms in total. The first kappa shape index (κ1) is 14.9. The number of carbonyl (C=O) groups is 1. The van der Waals surface area contributed by atoms with Crippen LogP contribution < -0.4 is 9.47 Å². The van der Waals surface area contributed by atoms with Gasteiger partial charge in [-0.05, 0) is 42.0 Å². The van der Waals surface area contributed by atoms with Crippen LogP contribution in [0.5, 0.6) is 11.5 Å². The number of benzene rings is 1. The Labute approximate surface area is 134 Å². The summed E-state index contributed by atoms with van der Waals surface area (Å²) in [5.74, 6) is 1.52. The molecule has 0 N–H and O–H groups in total. The van der Waals surface area contributed by atoms with Gasteiger partial charge in [0, 0.05) is 11.9 Å². The minimum atomic E-state index is 0.104. The van der Waals surface area contributed by atoms with E-state index < -0.39 is 0 Å². The molecule has 1 aliphatic rings. The monoisotopic (exact) mass is 317 g/mol. The van der Waals surface area contributed by atoms with Crippen molar-refractivity contribution in [2.75, 3.05) is 20.8 Å². The van der Waals surface area contributed by atoms with E-state index in [1.807, 2.05) is 39.9 Å². The lowest BCUT2D eigenvalue weighted by molar-refractivity contribution is 0.0736. The first-order chi connectivity index (χ1) is 10.7. The van der Waals surface area contributed by atoms with Crippen LogP contribution in [0.1, 0.15) is 34.8 Å². The fraction of sp³-hybridized carbons (Fsp3) is 0.353. The summed E-state index contributed by atoms with van der Waals surface area (Å²) in [5.41, 5.74) is 1.87. The summed E-state index contributed by atoms with van der Waals surface area (Å²) >= 11 is 1.55. The number of thiophene rings is 1. The highest BCUT2D eigenvalue weighted by Gasteiger charge is 2.31. The van der Waals surface area contributed by atoms with Crippen molar-refractivity contribution in [1.29, 1.82) is 0 Å². The maximum Gasteiger partial charge on any atom is 0.255 e. The van der Waals surface area contributed by atoms with Crippen LogP contribution in [0.3, 0.4) is 0 Å². The molecule has 1 aromatic heterocycles. The van der Waals surface area contributed by atoms with Gasteiger partial charge < -0.3 is 14.4 Å². The second kappa shape index (κ2) is 6.40. The summed E-state index contributed by atoms with van der Waals surface area (Å²) in [6.07, 6.45) is 2.00. The smallest absolute Gasteiger partial charge is 0.255 e. The van der Waals surface area contributed by atoms with E-state index >= 15 is 0 Å². The second-order valence-corrected chi connectivity index (χ2v) is 6.06. The van der Waals surface area contributed by atoms with E-state index in [1.165, 1.54) is 0 Å². The molecule has 0 radical (unpaired) electrons. The zero-order valence-corrected chi connectivity index (χ0v) is 13.6. The fourth-order valence-corrected chi connectivity index (χ4v) is 3.60. The molecule has 1 aliphatic heterocycles. The van der Waals surface area contributed by atoms with Gasteiger partial charge in [-0.2, -0.15) is 11.3 Å². The van der Waals surface area contributed by atoms with E-state index in [0.717, 1.165) is 30.5 Å². The van der Waals surface area contributed by atoms with Gasteiger partial charge in [0.1, 0.15) is 0 Å². The molecule has 0 saturated carbocycles. The summed E-state index contributed by atoms with van der Waals surface area (Å²) in [4.78, 5) is 14.6. The van der Waals surface area contributed by atoms with Crippen molar-refractivity contribution in [2.24, 2.45) is 0 Å². The average Bonchev–Trinajstić information content (AvgIpc) is 3.24. The predicted molar refractivity (Wildman–Crippen MR) is 86.9 cm³/mol. The van der Waals surface area contributed by atoms with Crippen molar-refractivity contribution in [3.8, 4) is 11.5 Å². The third-order valence-electron chi connectivity index (χ3n) is 4.07. The Morgan fingerprint density at radius 3 is 2.73 bits per heavy atom. The number of likely N-dealkylation sites (tertiary alicyclic amines) is 1.